The predicted octanol–water partition coefficient (Wildman–Crippen LogP) is 3.76. The molecule has 2 atom stereocenters. The molecule has 2 aromatic rings. The molecule has 0 spiro atoms. The van der Waals surface area contributed by atoms with E-state index >= 15 is 0 Å². The maximum absolute atomic E-state index is 12.3. The van der Waals surface area contributed by atoms with Crippen molar-refractivity contribution in [3.05, 3.63) is 52.3 Å². The fraction of sp³-hybridized carbons (Fsp3) is 0.389. The number of nitrogens with zero attached hydrogens (tertiary/aromatic N) is 3. The Balaban J connectivity index is 1.60. The zero-order valence-electron chi connectivity index (χ0n) is 13.8. The van der Waals surface area contributed by atoms with E-state index in [4.69, 9.17) is 4.74 Å². The van der Waals surface area contributed by atoms with Gasteiger partial charge in [-0.1, -0.05) is 17.7 Å². The number of benzene rings is 1. The normalized spacial score (nSPS) is 20.7. The molecule has 1 saturated heterocycles. The third kappa shape index (κ3) is 3.93. The first kappa shape index (κ1) is 16.9. The van der Waals surface area contributed by atoms with E-state index in [1.54, 1.807) is 12.4 Å². The molecule has 3 rings (SSSR count). The van der Waals surface area contributed by atoms with Crippen LogP contribution in [-0.2, 0) is 4.74 Å². The molecule has 0 N–H and O–H groups in total. The molecule has 1 aliphatic heterocycles. The minimum absolute atomic E-state index is 0.0690. The first-order chi connectivity index (χ1) is 11.5. The van der Waals surface area contributed by atoms with Crippen molar-refractivity contribution < 1.29 is 9.53 Å². The van der Waals surface area contributed by atoms with Gasteiger partial charge in [0.2, 0.25) is 5.95 Å². The van der Waals surface area contributed by atoms with Gasteiger partial charge in [-0.2, -0.15) is 0 Å². The molecule has 0 aliphatic carbocycles. The minimum Gasteiger partial charge on any atom is -0.459 e. The largest absolute Gasteiger partial charge is 0.459 e. The molecule has 1 fully saturated rings. The lowest BCUT2D eigenvalue weighted by Crippen LogP contribution is -2.44. The van der Waals surface area contributed by atoms with Crippen LogP contribution in [0.3, 0.4) is 0 Å². The number of carbonyl (C=O) groups excluding carboxylic acids is 1. The van der Waals surface area contributed by atoms with Crippen molar-refractivity contribution in [1.29, 1.82) is 0 Å². The Kier molecular flexibility index (Phi) is 5.14. The van der Waals surface area contributed by atoms with Crippen molar-refractivity contribution in [2.45, 2.75) is 38.8 Å². The smallest absolute Gasteiger partial charge is 0.338 e. The standard InChI is InChI=1S/C18H20BrN3O2/c1-12-3-5-14(6-4-12)17(23)24-16-7-8-22(13(2)9-16)18-20-10-15(19)11-21-18/h3-6,10-11,13,16H,7-9H2,1-2H3/t13-,16+/m1/s1. The maximum Gasteiger partial charge on any atom is 0.338 e. The number of ether oxygens (including phenoxy) is 1. The van der Waals surface area contributed by atoms with Gasteiger partial charge in [0, 0.05) is 37.8 Å². The molecule has 24 heavy (non-hydrogen) atoms. The Hall–Kier alpha value is -1.95. The summed E-state index contributed by atoms with van der Waals surface area (Å²) in [5.41, 5.74) is 1.73. The number of anilines is 1. The molecule has 0 amide bonds. The Labute approximate surface area is 150 Å². The fourth-order valence-corrected chi connectivity index (χ4v) is 3.10. The summed E-state index contributed by atoms with van der Waals surface area (Å²) in [4.78, 5) is 23.1. The third-order valence-electron chi connectivity index (χ3n) is 4.25. The average molecular weight is 390 g/mol. The molecular formula is C18H20BrN3O2. The van der Waals surface area contributed by atoms with E-state index in [0.29, 0.717) is 11.5 Å². The minimum atomic E-state index is -0.249. The molecule has 1 aromatic heterocycles. The maximum atomic E-state index is 12.3. The molecular weight excluding hydrogens is 370 g/mol. The average Bonchev–Trinajstić information content (AvgIpc) is 2.57. The van der Waals surface area contributed by atoms with Crippen LogP contribution < -0.4 is 4.90 Å². The van der Waals surface area contributed by atoms with Crippen molar-refractivity contribution in [3.63, 3.8) is 0 Å². The number of hydrogen-bond acceptors (Lipinski definition) is 5. The van der Waals surface area contributed by atoms with Crippen molar-refractivity contribution in [1.82, 2.24) is 9.97 Å². The van der Waals surface area contributed by atoms with Crippen LogP contribution in [0.5, 0.6) is 0 Å². The molecule has 1 aromatic carbocycles. The molecule has 0 radical (unpaired) electrons. The van der Waals surface area contributed by atoms with Gasteiger partial charge in [0.1, 0.15) is 6.10 Å². The van der Waals surface area contributed by atoms with Crippen molar-refractivity contribution in [2.75, 3.05) is 11.4 Å². The topological polar surface area (TPSA) is 55.3 Å². The van der Waals surface area contributed by atoms with Crippen LogP contribution in [-0.4, -0.2) is 34.6 Å². The molecule has 2 heterocycles. The number of esters is 1. The van der Waals surface area contributed by atoms with E-state index < -0.39 is 0 Å². The summed E-state index contributed by atoms with van der Waals surface area (Å²) in [6.07, 6.45) is 4.98. The Morgan fingerprint density at radius 1 is 1.25 bits per heavy atom. The lowest BCUT2D eigenvalue weighted by atomic mass is 10.0. The van der Waals surface area contributed by atoms with E-state index in [0.717, 1.165) is 29.4 Å². The van der Waals surface area contributed by atoms with Gasteiger partial charge in [0.15, 0.2) is 0 Å². The molecule has 0 saturated carbocycles. The number of hydrogen-bond donors (Lipinski definition) is 0. The number of aryl methyl sites for hydroxylation is 1. The SMILES string of the molecule is Cc1ccc(C(=O)O[C@H]2CCN(c3ncc(Br)cn3)[C@H](C)C2)cc1. The monoisotopic (exact) mass is 389 g/mol. The van der Waals surface area contributed by atoms with Crippen LogP contribution in [0.1, 0.15) is 35.7 Å². The van der Waals surface area contributed by atoms with Crippen LogP contribution in [0.2, 0.25) is 0 Å². The highest BCUT2D eigenvalue weighted by Crippen LogP contribution is 2.24. The van der Waals surface area contributed by atoms with E-state index in [-0.39, 0.29) is 18.1 Å². The Bertz CT molecular complexity index is 703. The molecule has 0 bridgehead atoms. The van der Waals surface area contributed by atoms with Crippen LogP contribution in [0.15, 0.2) is 41.1 Å². The van der Waals surface area contributed by atoms with Gasteiger partial charge in [-0.05, 0) is 41.9 Å². The van der Waals surface area contributed by atoms with Gasteiger partial charge in [-0.3, -0.25) is 0 Å². The molecule has 0 unspecified atom stereocenters. The summed E-state index contributed by atoms with van der Waals surface area (Å²) in [6, 6.07) is 7.69. The zero-order chi connectivity index (χ0) is 17.1. The molecule has 1 aliphatic rings. The molecule has 6 heteroatoms. The first-order valence-corrected chi connectivity index (χ1v) is 8.84. The van der Waals surface area contributed by atoms with E-state index in [1.165, 1.54) is 0 Å². The van der Waals surface area contributed by atoms with Crippen LogP contribution in [0.4, 0.5) is 5.95 Å². The highest BCUT2D eigenvalue weighted by molar-refractivity contribution is 9.10. The summed E-state index contributed by atoms with van der Waals surface area (Å²) in [6.45, 7) is 4.88. The second-order valence-electron chi connectivity index (χ2n) is 6.16. The lowest BCUT2D eigenvalue weighted by Gasteiger charge is -2.37. The number of carbonyl (C=O) groups is 1. The second-order valence-corrected chi connectivity index (χ2v) is 7.08. The number of rotatable bonds is 3. The number of halogens is 1. The highest BCUT2D eigenvalue weighted by Gasteiger charge is 2.29. The van der Waals surface area contributed by atoms with E-state index in [2.05, 4.69) is 37.7 Å². The van der Waals surface area contributed by atoms with Crippen molar-refractivity contribution in [2.24, 2.45) is 0 Å². The first-order valence-electron chi connectivity index (χ1n) is 8.05. The third-order valence-corrected chi connectivity index (χ3v) is 4.66. The van der Waals surface area contributed by atoms with E-state index in [1.807, 2.05) is 31.2 Å². The quantitative estimate of drug-likeness (QED) is 0.747. The Morgan fingerprint density at radius 3 is 2.54 bits per heavy atom. The summed E-state index contributed by atoms with van der Waals surface area (Å²) in [7, 11) is 0. The summed E-state index contributed by atoms with van der Waals surface area (Å²) < 4.78 is 6.54. The van der Waals surface area contributed by atoms with Crippen LogP contribution >= 0.6 is 15.9 Å². The highest BCUT2D eigenvalue weighted by atomic mass is 79.9. The summed E-state index contributed by atoms with van der Waals surface area (Å²) in [5.74, 6) is 0.467. The van der Waals surface area contributed by atoms with Gasteiger partial charge in [0.25, 0.3) is 0 Å². The molecule has 126 valence electrons. The summed E-state index contributed by atoms with van der Waals surface area (Å²) >= 11 is 3.35. The van der Waals surface area contributed by atoms with Gasteiger partial charge < -0.3 is 9.64 Å². The van der Waals surface area contributed by atoms with Crippen LogP contribution in [0.25, 0.3) is 0 Å². The van der Waals surface area contributed by atoms with Gasteiger partial charge >= 0.3 is 5.97 Å². The van der Waals surface area contributed by atoms with Crippen LogP contribution in [0, 0.1) is 6.92 Å². The van der Waals surface area contributed by atoms with Crippen molar-refractivity contribution >= 4 is 27.8 Å². The van der Waals surface area contributed by atoms with Gasteiger partial charge in [-0.25, -0.2) is 14.8 Å². The lowest BCUT2D eigenvalue weighted by molar-refractivity contribution is 0.0215. The zero-order valence-corrected chi connectivity index (χ0v) is 15.4. The predicted molar refractivity (Wildman–Crippen MR) is 96.2 cm³/mol. The Morgan fingerprint density at radius 2 is 1.92 bits per heavy atom. The number of piperidine rings is 1. The summed E-state index contributed by atoms with van der Waals surface area (Å²) in [5, 5.41) is 0. The number of aromatic nitrogens is 2. The molecule has 5 nitrogen and oxygen atoms in total. The fourth-order valence-electron chi connectivity index (χ4n) is 2.90. The van der Waals surface area contributed by atoms with E-state index in [9.17, 15) is 4.79 Å². The van der Waals surface area contributed by atoms with Crippen molar-refractivity contribution in [3.8, 4) is 0 Å². The van der Waals surface area contributed by atoms with Gasteiger partial charge in [-0.15, -0.1) is 0 Å². The second kappa shape index (κ2) is 7.30. The van der Waals surface area contributed by atoms with Gasteiger partial charge in [0.05, 0.1) is 10.0 Å².